The maximum atomic E-state index is 13.0. The van der Waals surface area contributed by atoms with Crippen molar-refractivity contribution in [1.29, 1.82) is 0 Å². The highest BCUT2D eigenvalue weighted by Gasteiger charge is 2.15. The van der Waals surface area contributed by atoms with Crippen molar-refractivity contribution in [2.45, 2.75) is 31.7 Å². The highest BCUT2D eigenvalue weighted by atomic mass is 19.1. The Morgan fingerprint density at radius 1 is 1.48 bits per heavy atom. The normalized spacial score (nSPS) is 18.7. The summed E-state index contributed by atoms with van der Waals surface area (Å²) in [6.45, 7) is 2.77. The Balaban J connectivity index is 1.68. The first kappa shape index (κ1) is 15.9. The molecule has 0 bridgehead atoms. The minimum absolute atomic E-state index is 0.0796. The van der Waals surface area contributed by atoms with E-state index in [1.165, 1.54) is 31.4 Å². The van der Waals surface area contributed by atoms with Gasteiger partial charge in [-0.1, -0.05) is 12.5 Å². The van der Waals surface area contributed by atoms with Crippen LogP contribution in [0.5, 0.6) is 0 Å². The van der Waals surface area contributed by atoms with Gasteiger partial charge in [0.05, 0.1) is 0 Å². The Bertz CT molecular complexity index is 461. The molecule has 5 heteroatoms. The second kappa shape index (κ2) is 8.10. The summed E-state index contributed by atoms with van der Waals surface area (Å²) in [4.78, 5) is 14.0. The number of nitrogens with one attached hydrogen (secondary N) is 2. The number of piperidine rings is 1. The number of amides is 1. The second-order valence-corrected chi connectivity index (χ2v) is 5.72. The fourth-order valence-electron chi connectivity index (χ4n) is 2.63. The summed E-state index contributed by atoms with van der Waals surface area (Å²) in [5.41, 5.74) is 0.511. The van der Waals surface area contributed by atoms with E-state index in [1.807, 2.05) is 7.05 Å². The van der Waals surface area contributed by atoms with Gasteiger partial charge >= 0.3 is 0 Å². The summed E-state index contributed by atoms with van der Waals surface area (Å²) in [5, 5.41) is 6.22. The largest absolute Gasteiger partial charge is 0.326 e. The molecule has 2 rings (SSSR count). The maximum Gasteiger partial charge on any atom is 0.225 e. The molecule has 1 unspecified atom stereocenters. The Hall–Kier alpha value is -1.46. The van der Waals surface area contributed by atoms with Crippen molar-refractivity contribution in [3.63, 3.8) is 0 Å². The van der Waals surface area contributed by atoms with Crippen molar-refractivity contribution in [2.24, 2.45) is 0 Å². The number of carbonyl (C=O) groups excluding carboxylic acids is 1. The van der Waals surface area contributed by atoms with E-state index in [-0.39, 0.29) is 11.7 Å². The lowest BCUT2D eigenvalue weighted by Crippen LogP contribution is -2.43. The molecule has 1 atom stereocenters. The Kier molecular flexibility index (Phi) is 6.14. The van der Waals surface area contributed by atoms with Crippen molar-refractivity contribution >= 4 is 11.6 Å². The third kappa shape index (κ3) is 5.81. The zero-order valence-corrected chi connectivity index (χ0v) is 12.6. The molecule has 1 aliphatic heterocycles. The van der Waals surface area contributed by atoms with Gasteiger partial charge in [-0.05, 0) is 44.6 Å². The van der Waals surface area contributed by atoms with Crippen molar-refractivity contribution < 1.29 is 9.18 Å². The average Bonchev–Trinajstić information content (AvgIpc) is 2.46. The van der Waals surface area contributed by atoms with E-state index in [0.717, 1.165) is 13.1 Å². The number of likely N-dealkylation sites (N-methyl/N-ethyl adjacent to an activating group) is 1. The number of nitrogens with zero attached hydrogens (tertiary/aromatic N) is 1. The molecule has 4 nitrogen and oxygen atoms in total. The standard InChI is InChI=1S/C16H24FN3O/c1-20(12-15-6-2-3-9-18-15)10-8-16(21)19-14-7-4-5-13(17)11-14/h4-5,7,11,15,18H,2-3,6,8-10,12H2,1H3,(H,19,21). The molecule has 0 spiro atoms. The van der Waals surface area contributed by atoms with Gasteiger partial charge in [-0.15, -0.1) is 0 Å². The quantitative estimate of drug-likeness (QED) is 0.845. The van der Waals surface area contributed by atoms with Gasteiger partial charge in [-0.2, -0.15) is 0 Å². The molecular weight excluding hydrogens is 269 g/mol. The molecule has 1 saturated heterocycles. The number of hydrogen-bond donors (Lipinski definition) is 2. The van der Waals surface area contributed by atoms with Crippen molar-refractivity contribution in [2.75, 3.05) is 32.0 Å². The van der Waals surface area contributed by atoms with Gasteiger partial charge in [0, 0.05) is 31.2 Å². The van der Waals surface area contributed by atoms with E-state index in [2.05, 4.69) is 15.5 Å². The maximum absolute atomic E-state index is 13.0. The molecule has 1 amide bonds. The molecule has 1 aromatic carbocycles. The molecule has 0 aromatic heterocycles. The predicted octanol–water partition coefficient (Wildman–Crippen LogP) is 2.23. The molecule has 0 radical (unpaired) electrons. The predicted molar refractivity (Wildman–Crippen MR) is 82.8 cm³/mol. The van der Waals surface area contributed by atoms with Crippen molar-refractivity contribution in [3.05, 3.63) is 30.1 Å². The lowest BCUT2D eigenvalue weighted by atomic mass is 10.0. The Labute approximate surface area is 125 Å². The molecule has 1 aliphatic rings. The van der Waals surface area contributed by atoms with E-state index in [0.29, 0.717) is 24.7 Å². The number of rotatable bonds is 6. The minimum atomic E-state index is -0.340. The van der Waals surface area contributed by atoms with Gasteiger partial charge in [0.1, 0.15) is 5.82 Å². The van der Waals surface area contributed by atoms with E-state index in [9.17, 15) is 9.18 Å². The number of benzene rings is 1. The topological polar surface area (TPSA) is 44.4 Å². The summed E-state index contributed by atoms with van der Waals surface area (Å²) in [7, 11) is 2.03. The van der Waals surface area contributed by atoms with Crippen LogP contribution in [-0.2, 0) is 4.79 Å². The molecule has 21 heavy (non-hydrogen) atoms. The summed E-state index contributed by atoms with van der Waals surface area (Å²) < 4.78 is 13.0. The first-order chi connectivity index (χ1) is 10.1. The van der Waals surface area contributed by atoms with Crippen LogP contribution in [0, 0.1) is 5.82 Å². The van der Waals surface area contributed by atoms with E-state index >= 15 is 0 Å². The van der Waals surface area contributed by atoms with E-state index < -0.39 is 0 Å². The van der Waals surface area contributed by atoms with Crippen LogP contribution >= 0.6 is 0 Å². The summed E-state index contributed by atoms with van der Waals surface area (Å²) in [6.07, 6.45) is 4.17. The molecule has 1 heterocycles. The third-order valence-corrected chi connectivity index (χ3v) is 3.77. The van der Waals surface area contributed by atoms with Crippen LogP contribution in [0.2, 0.25) is 0 Å². The number of hydrogen-bond acceptors (Lipinski definition) is 3. The Morgan fingerprint density at radius 2 is 2.33 bits per heavy atom. The van der Waals surface area contributed by atoms with Crippen LogP contribution in [0.1, 0.15) is 25.7 Å². The zero-order valence-electron chi connectivity index (χ0n) is 12.6. The fraction of sp³-hybridized carbons (Fsp3) is 0.562. The molecule has 116 valence electrons. The Morgan fingerprint density at radius 3 is 3.05 bits per heavy atom. The lowest BCUT2D eigenvalue weighted by Gasteiger charge is -2.28. The smallest absolute Gasteiger partial charge is 0.225 e. The van der Waals surface area contributed by atoms with Gasteiger partial charge < -0.3 is 15.5 Å². The highest BCUT2D eigenvalue weighted by Crippen LogP contribution is 2.10. The summed E-state index contributed by atoms with van der Waals surface area (Å²) in [6, 6.07) is 6.51. The van der Waals surface area contributed by atoms with Gasteiger partial charge in [-0.25, -0.2) is 4.39 Å². The van der Waals surface area contributed by atoms with Gasteiger partial charge in [0.15, 0.2) is 0 Å². The van der Waals surface area contributed by atoms with Crippen LogP contribution in [0.3, 0.4) is 0 Å². The minimum Gasteiger partial charge on any atom is -0.326 e. The molecule has 0 saturated carbocycles. The van der Waals surface area contributed by atoms with E-state index in [1.54, 1.807) is 12.1 Å². The monoisotopic (exact) mass is 293 g/mol. The average molecular weight is 293 g/mol. The molecule has 2 N–H and O–H groups in total. The van der Waals surface area contributed by atoms with Crippen LogP contribution < -0.4 is 10.6 Å². The van der Waals surface area contributed by atoms with Gasteiger partial charge in [-0.3, -0.25) is 4.79 Å². The third-order valence-electron chi connectivity index (χ3n) is 3.77. The first-order valence-corrected chi connectivity index (χ1v) is 7.61. The fourth-order valence-corrected chi connectivity index (χ4v) is 2.63. The van der Waals surface area contributed by atoms with Crippen LogP contribution in [-0.4, -0.2) is 43.5 Å². The number of anilines is 1. The summed E-state index contributed by atoms with van der Waals surface area (Å²) in [5.74, 6) is -0.419. The molecular formula is C16H24FN3O. The second-order valence-electron chi connectivity index (χ2n) is 5.72. The van der Waals surface area contributed by atoms with Gasteiger partial charge in [0.2, 0.25) is 5.91 Å². The lowest BCUT2D eigenvalue weighted by molar-refractivity contribution is -0.116. The number of halogens is 1. The molecule has 1 aromatic rings. The first-order valence-electron chi connectivity index (χ1n) is 7.61. The van der Waals surface area contributed by atoms with Crippen molar-refractivity contribution in [3.8, 4) is 0 Å². The molecule has 0 aliphatic carbocycles. The van der Waals surface area contributed by atoms with Crippen LogP contribution in [0.15, 0.2) is 24.3 Å². The van der Waals surface area contributed by atoms with Crippen LogP contribution in [0.25, 0.3) is 0 Å². The molecule has 1 fully saturated rings. The SMILES string of the molecule is CN(CCC(=O)Nc1cccc(F)c1)CC1CCCCN1. The summed E-state index contributed by atoms with van der Waals surface area (Å²) >= 11 is 0. The van der Waals surface area contributed by atoms with Gasteiger partial charge in [0.25, 0.3) is 0 Å². The van der Waals surface area contributed by atoms with E-state index in [4.69, 9.17) is 0 Å². The number of carbonyl (C=O) groups is 1. The van der Waals surface area contributed by atoms with Crippen LogP contribution in [0.4, 0.5) is 10.1 Å². The zero-order chi connectivity index (χ0) is 15.1. The van der Waals surface area contributed by atoms with Crippen molar-refractivity contribution in [1.82, 2.24) is 10.2 Å². The highest BCUT2D eigenvalue weighted by molar-refractivity contribution is 5.90.